The van der Waals surface area contributed by atoms with Gasteiger partial charge in [-0.2, -0.15) is 0 Å². The Bertz CT molecular complexity index is 587. The summed E-state index contributed by atoms with van der Waals surface area (Å²) in [4.78, 5) is 2.32. The van der Waals surface area contributed by atoms with Crippen LogP contribution in [0.15, 0.2) is 28.7 Å². The molecule has 1 fully saturated rings. The van der Waals surface area contributed by atoms with Crippen LogP contribution in [0.1, 0.15) is 24.2 Å². The van der Waals surface area contributed by atoms with Crippen LogP contribution in [0.4, 0.5) is 0 Å². The zero-order chi connectivity index (χ0) is 14.7. The molecule has 0 saturated carbocycles. The molecule has 4 heteroatoms. The molecule has 1 unspecified atom stereocenters. The summed E-state index contributed by atoms with van der Waals surface area (Å²) in [5, 5.41) is 1.14. The van der Waals surface area contributed by atoms with Crippen LogP contribution in [0.5, 0.6) is 0 Å². The molecule has 0 radical (unpaired) electrons. The predicted octanol–water partition coefficient (Wildman–Crippen LogP) is 2.75. The first-order chi connectivity index (χ1) is 10.3. The molecule has 114 valence electrons. The molecule has 1 saturated heterocycles. The van der Waals surface area contributed by atoms with Gasteiger partial charge in [0, 0.05) is 30.6 Å². The zero-order valence-corrected chi connectivity index (χ0v) is 12.7. The van der Waals surface area contributed by atoms with E-state index >= 15 is 0 Å². The summed E-state index contributed by atoms with van der Waals surface area (Å²) < 4.78 is 11.6. The largest absolute Gasteiger partial charge is 0.459 e. The van der Waals surface area contributed by atoms with Gasteiger partial charge in [0.05, 0.1) is 13.2 Å². The van der Waals surface area contributed by atoms with Gasteiger partial charge >= 0.3 is 0 Å². The van der Waals surface area contributed by atoms with Crippen molar-refractivity contribution in [2.45, 2.75) is 25.9 Å². The average Bonchev–Trinajstić information content (AvgIpc) is 2.85. The Balaban J connectivity index is 1.71. The minimum Gasteiger partial charge on any atom is -0.459 e. The summed E-state index contributed by atoms with van der Waals surface area (Å²) >= 11 is 0. The van der Waals surface area contributed by atoms with Crippen LogP contribution in [0, 0.1) is 5.92 Å². The normalized spacial score (nSPS) is 19.5. The number of ether oxygens (including phenoxy) is 1. The summed E-state index contributed by atoms with van der Waals surface area (Å²) in [6, 6.07) is 8.12. The van der Waals surface area contributed by atoms with E-state index in [1.807, 2.05) is 18.2 Å². The van der Waals surface area contributed by atoms with Gasteiger partial charge < -0.3 is 14.9 Å². The summed E-state index contributed by atoms with van der Waals surface area (Å²) in [5.74, 6) is 1.63. The lowest BCUT2D eigenvalue weighted by Crippen LogP contribution is -2.30. The van der Waals surface area contributed by atoms with E-state index in [0.717, 1.165) is 48.6 Å². The van der Waals surface area contributed by atoms with E-state index in [0.29, 0.717) is 12.5 Å². The second-order valence-electron chi connectivity index (χ2n) is 5.98. The van der Waals surface area contributed by atoms with Crippen LogP contribution >= 0.6 is 0 Å². The molecular formula is C17H24N2O2. The van der Waals surface area contributed by atoms with Gasteiger partial charge in [0.2, 0.25) is 0 Å². The van der Waals surface area contributed by atoms with Gasteiger partial charge in [0.15, 0.2) is 0 Å². The Morgan fingerprint density at radius 2 is 2.19 bits per heavy atom. The number of nitrogens with zero attached hydrogens (tertiary/aromatic N) is 1. The molecule has 4 nitrogen and oxygen atoms in total. The monoisotopic (exact) mass is 288 g/mol. The van der Waals surface area contributed by atoms with E-state index in [1.165, 1.54) is 12.8 Å². The number of benzene rings is 1. The zero-order valence-electron chi connectivity index (χ0n) is 12.7. The lowest BCUT2D eigenvalue weighted by Gasteiger charge is -2.26. The minimum absolute atomic E-state index is 0.521. The average molecular weight is 288 g/mol. The number of para-hydroxylation sites is 1. The predicted molar refractivity (Wildman–Crippen MR) is 84.0 cm³/mol. The molecular weight excluding hydrogens is 264 g/mol. The number of furan rings is 1. The lowest BCUT2D eigenvalue weighted by molar-refractivity contribution is 0.0404. The molecule has 2 aromatic rings. The summed E-state index contributed by atoms with van der Waals surface area (Å²) in [6.07, 6.45) is 2.44. The first-order valence-corrected chi connectivity index (χ1v) is 7.73. The Morgan fingerprint density at radius 3 is 2.95 bits per heavy atom. The van der Waals surface area contributed by atoms with Crippen molar-refractivity contribution < 1.29 is 9.15 Å². The summed E-state index contributed by atoms with van der Waals surface area (Å²) in [7, 11) is 2.14. The highest BCUT2D eigenvalue weighted by Crippen LogP contribution is 2.26. The van der Waals surface area contributed by atoms with E-state index in [4.69, 9.17) is 14.9 Å². The SMILES string of the molecule is CN(Cc1oc2ccccc2c1CN)CC1CCCOC1. The smallest absolute Gasteiger partial charge is 0.134 e. The van der Waals surface area contributed by atoms with Crippen LogP contribution in [0.2, 0.25) is 0 Å². The molecule has 1 aliphatic heterocycles. The molecule has 1 aromatic heterocycles. The highest BCUT2D eigenvalue weighted by Gasteiger charge is 2.18. The van der Waals surface area contributed by atoms with E-state index in [-0.39, 0.29) is 0 Å². The van der Waals surface area contributed by atoms with E-state index in [9.17, 15) is 0 Å². The second-order valence-corrected chi connectivity index (χ2v) is 5.98. The van der Waals surface area contributed by atoms with Gasteiger partial charge in [-0.05, 0) is 31.9 Å². The fourth-order valence-corrected chi connectivity index (χ4v) is 3.20. The van der Waals surface area contributed by atoms with Crippen molar-refractivity contribution in [2.75, 3.05) is 26.8 Å². The van der Waals surface area contributed by atoms with Gasteiger partial charge in [0.1, 0.15) is 11.3 Å². The number of rotatable bonds is 5. The van der Waals surface area contributed by atoms with Gasteiger partial charge in [-0.15, -0.1) is 0 Å². The Kier molecular flexibility index (Phi) is 4.58. The third kappa shape index (κ3) is 3.28. The Morgan fingerprint density at radius 1 is 1.33 bits per heavy atom. The quantitative estimate of drug-likeness (QED) is 0.919. The molecule has 2 heterocycles. The summed E-state index contributed by atoms with van der Waals surface area (Å²) in [6.45, 7) is 4.17. The van der Waals surface area contributed by atoms with Crippen molar-refractivity contribution in [2.24, 2.45) is 11.7 Å². The van der Waals surface area contributed by atoms with E-state index in [1.54, 1.807) is 0 Å². The van der Waals surface area contributed by atoms with Crippen molar-refractivity contribution >= 4 is 11.0 Å². The highest BCUT2D eigenvalue weighted by molar-refractivity contribution is 5.82. The topological polar surface area (TPSA) is 51.6 Å². The number of hydrogen-bond acceptors (Lipinski definition) is 4. The van der Waals surface area contributed by atoms with Crippen LogP contribution in [0.25, 0.3) is 11.0 Å². The molecule has 1 aromatic carbocycles. The Hall–Kier alpha value is -1.36. The van der Waals surface area contributed by atoms with Gasteiger partial charge in [-0.25, -0.2) is 0 Å². The fraction of sp³-hybridized carbons (Fsp3) is 0.529. The van der Waals surface area contributed by atoms with E-state index in [2.05, 4.69) is 18.0 Å². The first kappa shape index (κ1) is 14.6. The molecule has 2 N–H and O–H groups in total. The van der Waals surface area contributed by atoms with E-state index < -0.39 is 0 Å². The van der Waals surface area contributed by atoms with Gasteiger partial charge in [-0.1, -0.05) is 18.2 Å². The molecule has 0 bridgehead atoms. The van der Waals surface area contributed by atoms with Crippen molar-refractivity contribution in [3.63, 3.8) is 0 Å². The van der Waals surface area contributed by atoms with Crippen molar-refractivity contribution in [3.05, 3.63) is 35.6 Å². The molecule has 0 spiro atoms. The van der Waals surface area contributed by atoms with Crippen molar-refractivity contribution in [1.82, 2.24) is 4.90 Å². The number of fused-ring (bicyclic) bond motifs is 1. The van der Waals surface area contributed by atoms with Gasteiger partial charge in [0.25, 0.3) is 0 Å². The Labute approximate surface area is 125 Å². The molecule has 3 rings (SSSR count). The highest BCUT2D eigenvalue weighted by atomic mass is 16.5. The molecule has 21 heavy (non-hydrogen) atoms. The maximum Gasteiger partial charge on any atom is 0.134 e. The standard InChI is InChI=1S/C17H24N2O2/c1-19(10-13-5-4-8-20-12-13)11-17-15(9-18)14-6-2-3-7-16(14)21-17/h2-3,6-7,13H,4-5,8-12,18H2,1H3. The van der Waals surface area contributed by atoms with Crippen LogP contribution in [-0.4, -0.2) is 31.7 Å². The van der Waals surface area contributed by atoms with Crippen LogP contribution in [-0.2, 0) is 17.8 Å². The minimum atomic E-state index is 0.521. The second kappa shape index (κ2) is 6.60. The fourth-order valence-electron chi connectivity index (χ4n) is 3.20. The number of nitrogens with two attached hydrogens (primary N) is 1. The third-order valence-corrected chi connectivity index (χ3v) is 4.22. The van der Waals surface area contributed by atoms with Crippen LogP contribution in [0.3, 0.4) is 0 Å². The molecule has 1 aliphatic rings. The summed E-state index contributed by atoms with van der Waals surface area (Å²) in [5.41, 5.74) is 7.99. The number of hydrogen-bond donors (Lipinski definition) is 1. The van der Waals surface area contributed by atoms with Crippen LogP contribution < -0.4 is 5.73 Å². The molecule has 0 amide bonds. The van der Waals surface area contributed by atoms with Crippen molar-refractivity contribution in [3.8, 4) is 0 Å². The maximum atomic E-state index is 6.00. The maximum absolute atomic E-state index is 6.00. The van der Waals surface area contributed by atoms with Crippen molar-refractivity contribution in [1.29, 1.82) is 0 Å². The molecule has 1 atom stereocenters. The third-order valence-electron chi connectivity index (χ3n) is 4.22. The first-order valence-electron chi connectivity index (χ1n) is 7.73. The molecule has 0 aliphatic carbocycles. The van der Waals surface area contributed by atoms with Gasteiger partial charge in [-0.3, -0.25) is 4.90 Å². The lowest BCUT2D eigenvalue weighted by atomic mass is 10.0.